The summed E-state index contributed by atoms with van der Waals surface area (Å²) in [6.07, 6.45) is 0.899. The minimum absolute atomic E-state index is 0.570. The molecule has 0 saturated carbocycles. The number of aryl methyl sites for hydroxylation is 4. The van der Waals surface area contributed by atoms with Crippen molar-refractivity contribution < 1.29 is 0 Å². The molecule has 3 aromatic heterocycles. The first kappa shape index (κ1) is 13.1. The second-order valence-corrected chi connectivity index (χ2v) is 5.67. The number of thiazole rings is 1. The largest absolute Gasteiger partial charge is 0.383 e. The lowest BCUT2D eigenvalue weighted by molar-refractivity contribution is 0.685. The van der Waals surface area contributed by atoms with Crippen molar-refractivity contribution in [2.24, 2.45) is 0 Å². The van der Waals surface area contributed by atoms with Gasteiger partial charge in [-0.15, -0.1) is 11.3 Å². The molecule has 6 heteroatoms. The zero-order chi connectivity index (χ0) is 14.3. The normalized spacial score (nSPS) is 11.3. The third-order valence-electron chi connectivity index (χ3n) is 3.68. The predicted octanol–water partition coefficient (Wildman–Crippen LogP) is 2.64. The summed E-state index contributed by atoms with van der Waals surface area (Å²) in [6.45, 7) is 6.91. The lowest BCUT2D eigenvalue weighted by atomic mass is 10.2. The van der Waals surface area contributed by atoms with Crippen LogP contribution >= 0.6 is 11.3 Å². The Labute approximate surface area is 121 Å². The highest BCUT2D eigenvalue weighted by atomic mass is 32.1. The van der Waals surface area contributed by atoms with E-state index in [1.807, 2.05) is 12.4 Å². The van der Waals surface area contributed by atoms with Gasteiger partial charge in [-0.3, -0.25) is 0 Å². The first-order valence-electron chi connectivity index (χ1n) is 6.54. The van der Waals surface area contributed by atoms with Crippen LogP contribution in [0.25, 0.3) is 11.0 Å². The molecule has 2 N–H and O–H groups in total. The number of anilines is 1. The van der Waals surface area contributed by atoms with E-state index in [1.54, 1.807) is 11.3 Å². The van der Waals surface area contributed by atoms with Gasteiger partial charge >= 0.3 is 0 Å². The van der Waals surface area contributed by atoms with Crippen molar-refractivity contribution in [3.05, 3.63) is 33.7 Å². The third kappa shape index (κ3) is 2.06. The standard InChI is InChI=1S/C14H17N5S/c1-8-9(2)19(5-4-11-6-20-7-16-11)14-12(8)13(15)17-10(3)18-14/h6-7H,4-5H2,1-3H3,(H2,15,17,18). The summed E-state index contributed by atoms with van der Waals surface area (Å²) in [5.41, 5.74) is 12.3. The summed E-state index contributed by atoms with van der Waals surface area (Å²) in [5.74, 6) is 1.28. The lowest BCUT2D eigenvalue weighted by Gasteiger charge is -2.07. The van der Waals surface area contributed by atoms with Gasteiger partial charge in [-0.2, -0.15) is 0 Å². The average Bonchev–Trinajstić information content (AvgIpc) is 2.97. The second-order valence-electron chi connectivity index (χ2n) is 4.95. The van der Waals surface area contributed by atoms with Gasteiger partial charge in [0.1, 0.15) is 17.3 Å². The molecule has 3 rings (SSSR count). The molecule has 0 aliphatic carbocycles. The van der Waals surface area contributed by atoms with Gasteiger partial charge in [-0.05, 0) is 26.3 Å². The van der Waals surface area contributed by atoms with E-state index in [-0.39, 0.29) is 0 Å². The third-order valence-corrected chi connectivity index (χ3v) is 4.32. The summed E-state index contributed by atoms with van der Waals surface area (Å²) in [6, 6.07) is 0. The maximum atomic E-state index is 6.06. The van der Waals surface area contributed by atoms with E-state index < -0.39 is 0 Å². The topological polar surface area (TPSA) is 69.6 Å². The second kappa shape index (κ2) is 4.86. The molecule has 20 heavy (non-hydrogen) atoms. The first-order valence-corrected chi connectivity index (χ1v) is 7.48. The van der Waals surface area contributed by atoms with Crippen LogP contribution in [0.4, 0.5) is 5.82 Å². The zero-order valence-electron chi connectivity index (χ0n) is 11.8. The summed E-state index contributed by atoms with van der Waals surface area (Å²) < 4.78 is 2.22. The van der Waals surface area contributed by atoms with E-state index in [4.69, 9.17) is 5.73 Å². The SMILES string of the molecule is Cc1nc(N)c2c(C)c(C)n(CCc3cscn3)c2n1. The fraction of sp³-hybridized carbons (Fsp3) is 0.357. The molecule has 0 unspecified atom stereocenters. The molecule has 0 atom stereocenters. The highest BCUT2D eigenvalue weighted by molar-refractivity contribution is 7.07. The van der Waals surface area contributed by atoms with Crippen molar-refractivity contribution in [2.45, 2.75) is 33.7 Å². The number of nitrogen functional groups attached to an aromatic ring is 1. The van der Waals surface area contributed by atoms with Crippen LogP contribution in [-0.4, -0.2) is 19.5 Å². The molecular formula is C14H17N5S. The molecule has 5 nitrogen and oxygen atoms in total. The average molecular weight is 287 g/mol. The van der Waals surface area contributed by atoms with Crippen LogP contribution in [0.1, 0.15) is 22.8 Å². The number of fused-ring (bicyclic) bond motifs is 1. The van der Waals surface area contributed by atoms with Crippen LogP contribution in [0.15, 0.2) is 10.9 Å². The van der Waals surface area contributed by atoms with Gasteiger partial charge in [-0.25, -0.2) is 15.0 Å². The Balaban J connectivity index is 2.07. The molecule has 0 aliphatic rings. The van der Waals surface area contributed by atoms with Crippen molar-refractivity contribution in [2.75, 3.05) is 5.73 Å². The molecule has 0 radical (unpaired) electrons. The van der Waals surface area contributed by atoms with E-state index in [1.165, 1.54) is 5.69 Å². The molecule has 104 valence electrons. The monoisotopic (exact) mass is 287 g/mol. The van der Waals surface area contributed by atoms with Crippen molar-refractivity contribution in [1.29, 1.82) is 0 Å². The molecule has 3 heterocycles. The van der Waals surface area contributed by atoms with E-state index in [2.05, 4.69) is 38.7 Å². The maximum Gasteiger partial charge on any atom is 0.146 e. The molecule has 0 bridgehead atoms. The highest BCUT2D eigenvalue weighted by Gasteiger charge is 2.16. The predicted molar refractivity (Wildman–Crippen MR) is 82.0 cm³/mol. The molecule has 0 aromatic carbocycles. The summed E-state index contributed by atoms with van der Waals surface area (Å²) in [4.78, 5) is 13.2. The minimum Gasteiger partial charge on any atom is -0.383 e. The molecule has 0 amide bonds. The first-order chi connectivity index (χ1) is 9.58. The lowest BCUT2D eigenvalue weighted by Crippen LogP contribution is -2.06. The Morgan fingerprint density at radius 1 is 1.25 bits per heavy atom. The molecule has 0 saturated heterocycles. The number of nitrogens with two attached hydrogens (primary N) is 1. The van der Waals surface area contributed by atoms with Crippen LogP contribution in [0, 0.1) is 20.8 Å². The van der Waals surface area contributed by atoms with Gasteiger partial charge in [-0.1, -0.05) is 0 Å². The van der Waals surface area contributed by atoms with Crippen LogP contribution in [-0.2, 0) is 13.0 Å². The van der Waals surface area contributed by atoms with Gasteiger partial charge in [0, 0.05) is 24.0 Å². The fourth-order valence-electron chi connectivity index (χ4n) is 2.54. The van der Waals surface area contributed by atoms with Crippen LogP contribution in [0.2, 0.25) is 0 Å². The van der Waals surface area contributed by atoms with E-state index in [0.717, 1.165) is 35.3 Å². The van der Waals surface area contributed by atoms with Crippen molar-refractivity contribution in [3.8, 4) is 0 Å². The van der Waals surface area contributed by atoms with Crippen LogP contribution in [0.3, 0.4) is 0 Å². The Hall–Kier alpha value is -1.95. The highest BCUT2D eigenvalue weighted by Crippen LogP contribution is 2.27. The Bertz CT molecular complexity index is 758. The van der Waals surface area contributed by atoms with Gasteiger partial charge in [0.25, 0.3) is 0 Å². The zero-order valence-corrected chi connectivity index (χ0v) is 12.7. The minimum atomic E-state index is 0.570. The van der Waals surface area contributed by atoms with Gasteiger partial charge in [0.15, 0.2) is 0 Å². The van der Waals surface area contributed by atoms with Gasteiger partial charge in [0.2, 0.25) is 0 Å². The molecule has 0 aliphatic heterocycles. The van der Waals surface area contributed by atoms with Crippen molar-refractivity contribution in [1.82, 2.24) is 19.5 Å². The Morgan fingerprint density at radius 2 is 2.05 bits per heavy atom. The molecule has 3 aromatic rings. The Kier molecular flexibility index (Phi) is 3.17. The molecule has 0 spiro atoms. The fourth-order valence-corrected chi connectivity index (χ4v) is 3.13. The number of rotatable bonds is 3. The number of aromatic nitrogens is 4. The van der Waals surface area contributed by atoms with E-state index in [9.17, 15) is 0 Å². The molecule has 0 fully saturated rings. The van der Waals surface area contributed by atoms with Crippen molar-refractivity contribution >= 4 is 28.2 Å². The van der Waals surface area contributed by atoms with Gasteiger partial charge < -0.3 is 10.3 Å². The quantitative estimate of drug-likeness (QED) is 0.804. The number of hydrogen-bond donors (Lipinski definition) is 1. The smallest absolute Gasteiger partial charge is 0.146 e. The van der Waals surface area contributed by atoms with Crippen LogP contribution in [0.5, 0.6) is 0 Å². The van der Waals surface area contributed by atoms with Crippen molar-refractivity contribution in [3.63, 3.8) is 0 Å². The summed E-state index contributed by atoms with van der Waals surface area (Å²) >= 11 is 1.63. The maximum absolute atomic E-state index is 6.06. The van der Waals surface area contributed by atoms with Gasteiger partial charge in [0.05, 0.1) is 16.6 Å². The van der Waals surface area contributed by atoms with Crippen LogP contribution < -0.4 is 5.73 Å². The Morgan fingerprint density at radius 3 is 2.75 bits per heavy atom. The number of hydrogen-bond acceptors (Lipinski definition) is 5. The summed E-state index contributed by atoms with van der Waals surface area (Å²) in [7, 11) is 0. The summed E-state index contributed by atoms with van der Waals surface area (Å²) in [5, 5.41) is 3.06. The van der Waals surface area contributed by atoms with E-state index >= 15 is 0 Å². The molecular weight excluding hydrogens is 270 g/mol. The number of nitrogens with zero attached hydrogens (tertiary/aromatic N) is 4. The van der Waals surface area contributed by atoms with E-state index in [0.29, 0.717) is 11.6 Å².